The van der Waals surface area contributed by atoms with Gasteiger partial charge in [-0.05, 0) is 43.5 Å². The van der Waals surface area contributed by atoms with Gasteiger partial charge in [0.25, 0.3) is 11.8 Å². The van der Waals surface area contributed by atoms with Gasteiger partial charge in [-0.25, -0.2) is 8.78 Å². The topological polar surface area (TPSA) is 49.4 Å². The molecule has 25 heavy (non-hydrogen) atoms. The van der Waals surface area contributed by atoms with Crippen molar-refractivity contribution in [2.24, 2.45) is 0 Å². The van der Waals surface area contributed by atoms with Crippen molar-refractivity contribution < 1.29 is 18.4 Å². The first-order valence-electron chi connectivity index (χ1n) is 8.21. The van der Waals surface area contributed by atoms with Gasteiger partial charge in [0.2, 0.25) is 0 Å². The molecule has 2 amide bonds. The minimum absolute atomic E-state index is 0.157. The normalized spacial score (nSPS) is 14.2. The van der Waals surface area contributed by atoms with Gasteiger partial charge in [-0.2, -0.15) is 0 Å². The van der Waals surface area contributed by atoms with Crippen LogP contribution < -0.4 is 5.32 Å². The summed E-state index contributed by atoms with van der Waals surface area (Å²) in [6.45, 7) is 1.38. The number of piperidine rings is 1. The van der Waals surface area contributed by atoms with E-state index in [0.29, 0.717) is 30.4 Å². The molecule has 0 atom stereocenters. The highest BCUT2D eigenvalue weighted by Gasteiger charge is 2.22. The second-order valence-electron chi connectivity index (χ2n) is 5.98. The van der Waals surface area contributed by atoms with E-state index in [0.717, 1.165) is 31.4 Å². The molecule has 3 rings (SSSR count). The average molecular weight is 344 g/mol. The first kappa shape index (κ1) is 17.1. The number of likely N-dealkylation sites (tertiary alicyclic amines) is 1. The lowest BCUT2D eigenvalue weighted by atomic mass is 10.1. The highest BCUT2D eigenvalue weighted by Crippen LogP contribution is 2.21. The third-order valence-corrected chi connectivity index (χ3v) is 4.22. The number of hydrogen-bond donors (Lipinski definition) is 1. The molecule has 0 saturated carbocycles. The molecule has 0 radical (unpaired) electrons. The molecule has 4 nitrogen and oxygen atoms in total. The van der Waals surface area contributed by atoms with Crippen molar-refractivity contribution in [2.45, 2.75) is 19.3 Å². The van der Waals surface area contributed by atoms with Crippen LogP contribution >= 0.6 is 0 Å². The Hall–Kier alpha value is -2.76. The summed E-state index contributed by atoms with van der Waals surface area (Å²) in [6, 6.07) is 9.37. The molecule has 6 heteroatoms. The summed E-state index contributed by atoms with van der Waals surface area (Å²) < 4.78 is 26.8. The molecule has 1 heterocycles. The predicted octanol–water partition coefficient (Wildman–Crippen LogP) is 3.84. The molecule has 0 aromatic heterocycles. The van der Waals surface area contributed by atoms with Crippen LogP contribution in [0.5, 0.6) is 0 Å². The van der Waals surface area contributed by atoms with E-state index in [1.54, 1.807) is 29.2 Å². The monoisotopic (exact) mass is 344 g/mol. The number of para-hydroxylation sites is 1. The Morgan fingerprint density at radius 2 is 1.64 bits per heavy atom. The predicted molar refractivity (Wildman–Crippen MR) is 90.5 cm³/mol. The Labute approximate surface area is 144 Å². The van der Waals surface area contributed by atoms with Crippen LogP contribution in [0.25, 0.3) is 0 Å². The molecule has 0 aliphatic carbocycles. The molecule has 1 aliphatic rings. The number of hydrogen-bond acceptors (Lipinski definition) is 2. The van der Waals surface area contributed by atoms with E-state index in [1.807, 2.05) is 0 Å². The van der Waals surface area contributed by atoms with E-state index in [1.165, 1.54) is 0 Å². The number of nitrogens with one attached hydrogen (secondary N) is 1. The summed E-state index contributed by atoms with van der Waals surface area (Å²) in [6.07, 6.45) is 3.02. The SMILES string of the molecule is O=C(Nc1ccccc1C(=O)N1CCCCC1)c1ccc(F)cc1F. The van der Waals surface area contributed by atoms with E-state index in [9.17, 15) is 18.4 Å². The summed E-state index contributed by atoms with van der Waals surface area (Å²) >= 11 is 0. The Balaban J connectivity index is 1.83. The molecule has 130 valence electrons. The van der Waals surface area contributed by atoms with Gasteiger partial charge in [-0.15, -0.1) is 0 Å². The number of amides is 2. The largest absolute Gasteiger partial charge is 0.339 e. The third-order valence-electron chi connectivity index (χ3n) is 4.22. The first-order chi connectivity index (χ1) is 12.1. The zero-order valence-corrected chi connectivity index (χ0v) is 13.6. The van der Waals surface area contributed by atoms with Crippen molar-refractivity contribution in [3.05, 3.63) is 65.2 Å². The third kappa shape index (κ3) is 3.84. The molecule has 0 bridgehead atoms. The molecule has 1 N–H and O–H groups in total. The van der Waals surface area contributed by atoms with Gasteiger partial charge in [0.1, 0.15) is 11.6 Å². The fourth-order valence-corrected chi connectivity index (χ4v) is 2.91. The first-order valence-corrected chi connectivity index (χ1v) is 8.21. The molecular formula is C19H18F2N2O2. The van der Waals surface area contributed by atoms with Crippen molar-refractivity contribution >= 4 is 17.5 Å². The van der Waals surface area contributed by atoms with Crippen molar-refractivity contribution in [1.29, 1.82) is 0 Å². The van der Waals surface area contributed by atoms with E-state index in [-0.39, 0.29) is 11.5 Å². The van der Waals surface area contributed by atoms with Gasteiger partial charge < -0.3 is 10.2 Å². The van der Waals surface area contributed by atoms with E-state index < -0.39 is 17.5 Å². The second kappa shape index (κ2) is 7.42. The lowest BCUT2D eigenvalue weighted by Crippen LogP contribution is -2.36. The number of rotatable bonds is 3. The Kier molecular flexibility index (Phi) is 5.07. The maximum absolute atomic E-state index is 13.8. The number of nitrogens with zero attached hydrogens (tertiary/aromatic N) is 1. The molecule has 0 unspecified atom stereocenters. The second-order valence-corrected chi connectivity index (χ2v) is 5.98. The smallest absolute Gasteiger partial charge is 0.258 e. The molecule has 0 spiro atoms. The van der Waals surface area contributed by atoms with Gasteiger partial charge in [0.15, 0.2) is 0 Å². The molecule has 1 aliphatic heterocycles. The van der Waals surface area contributed by atoms with Crippen LogP contribution in [-0.2, 0) is 0 Å². The number of carbonyl (C=O) groups excluding carboxylic acids is 2. The van der Waals surface area contributed by atoms with Crippen molar-refractivity contribution in [2.75, 3.05) is 18.4 Å². The minimum Gasteiger partial charge on any atom is -0.339 e. The summed E-state index contributed by atoms with van der Waals surface area (Å²) in [5, 5.41) is 2.56. The van der Waals surface area contributed by atoms with Gasteiger partial charge in [-0.1, -0.05) is 12.1 Å². The Bertz CT molecular complexity index is 802. The average Bonchev–Trinajstić information content (AvgIpc) is 2.62. The van der Waals surface area contributed by atoms with Crippen molar-refractivity contribution in [1.82, 2.24) is 4.90 Å². The van der Waals surface area contributed by atoms with Crippen molar-refractivity contribution in [3.63, 3.8) is 0 Å². The van der Waals surface area contributed by atoms with Crippen LogP contribution in [0, 0.1) is 11.6 Å². The van der Waals surface area contributed by atoms with Gasteiger partial charge in [-0.3, -0.25) is 9.59 Å². The summed E-state index contributed by atoms with van der Waals surface area (Å²) in [7, 11) is 0. The zero-order valence-electron chi connectivity index (χ0n) is 13.6. The van der Waals surface area contributed by atoms with Crippen LogP contribution in [0.3, 0.4) is 0 Å². The standard InChI is InChI=1S/C19H18F2N2O2/c20-13-8-9-14(16(21)12-13)18(24)22-17-7-3-2-6-15(17)19(25)23-10-4-1-5-11-23/h2-3,6-9,12H,1,4-5,10-11H2,(H,22,24). The highest BCUT2D eigenvalue weighted by atomic mass is 19.1. The zero-order chi connectivity index (χ0) is 17.8. The van der Waals surface area contributed by atoms with Crippen LogP contribution in [0.1, 0.15) is 40.0 Å². The lowest BCUT2D eigenvalue weighted by Gasteiger charge is -2.27. The van der Waals surface area contributed by atoms with E-state index in [2.05, 4.69) is 5.32 Å². The Morgan fingerprint density at radius 3 is 2.36 bits per heavy atom. The maximum atomic E-state index is 13.8. The van der Waals surface area contributed by atoms with Gasteiger partial charge in [0, 0.05) is 19.2 Å². The number of halogens is 2. The molecular weight excluding hydrogens is 326 g/mol. The molecule has 1 saturated heterocycles. The molecule has 1 fully saturated rings. The number of carbonyl (C=O) groups is 2. The number of anilines is 1. The fourth-order valence-electron chi connectivity index (χ4n) is 2.91. The highest BCUT2D eigenvalue weighted by molar-refractivity contribution is 6.09. The maximum Gasteiger partial charge on any atom is 0.258 e. The summed E-state index contributed by atoms with van der Waals surface area (Å²) in [5.74, 6) is -2.58. The lowest BCUT2D eigenvalue weighted by molar-refractivity contribution is 0.0725. The van der Waals surface area contributed by atoms with Crippen LogP contribution in [-0.4, -0.2) is 29.8 Å². The van der Waals surface area contributed by atoms with Gasteiger partial charge in [0.05, 0.1) is 16.8 Å². The minimum atomic E-state index is -0.947. The fraction of sp³-hybridized carbons (Fsp3) is 0.263. The van der Waals surface area contributed by atoms with E-state index >= 15 is 0 Å². The summed E-state index contributed by atoms with van der Waals surface area (Å²) in [4.78, 5) is 26.8. The van der Waals surface area contributed by atoms with Crippen molar-refractivity contribution in [3.8, 4) is 0 Å². The molecule has 2 aromatic carbocycles. The van der Waals surface area contributed by atoms with Gasteiger partial charge >= 0.3 is 0 Å². The summed E-state index contributed by atoms with van der Waals surface area (Å²) in [5.41, 5.74) is 0.397. The Morgan fingerprint density at radius 1 is 0.920 bits per heavy atom. The number of benzene rings is 2. The molecule has 2 aromatic rings. The van der Waals surface area contributed by atoms with Crippen LogP contribution in [0.4, 0.5) is 14.5 Å². The van der Waals surface area contributed by atoms with E-state index in [4.69, 9.17) is 0 Å². The van der Waals surface area contributed by atoms with Crippen LogP contribution in [0.2, 0.25) is 0 Å². The quantitative estimate of drug-likeness (QED) is 0.920. The van der Waals surface area contributed by atoms with Crippen LogP contribution in [0.15, 0.2) is 42.5 Å².